The van der Waals surface area contributed by atoms with Crippen LogP contribution in [0, 0.1) is 0 Å². The van der Waals surface area contributed by atoms with Gasteiger partial charge in [0.15, 0.2) is 3.83 Å². The molecule has 15 heavy (non-hydrogen) atoms. The van der Waals surface area contributed by atoms with Crippen molar-refractivity contribution in [3.05, 3.63) is 45.3 Å². The average molecular weight is 316 g/mol. The second kappa shape index (κ2) is 5.10. The lowest BCUT2D eigenvalue weighted by molar-refractivity contribution is 0.521. The molecular formula is C13H14FI. The molecule has 1 aromatic rings. The van der Waals surface area contributed by atoms with Gasteiger partial charge in [-0.25, -0.2) is 0 Å². The summed E-state index contributed by atoms with van der Waals surface area (Å²) in [5, 5.41) is 0. The first-order valence-corrected chi connectivity index (χ1v) is 6.46. The molecule has 0 N–H and O–H groups in total. The van der Waals surface area contributed by atoms with E-state index in [2.05, 4.69) is 12.1 Å². The standard InChI is InChI=1S/C13H14FI/c14-13(15)12-9-5-4-8-11(12)10-6-2-1-3-7-10/h1-3,6-7,11H,4-5,8-9H2/b13-12+. The lowest BCUT2D eigenvalue weighted by atomic mass is 9.80. The SMILES string of the molecule is F/C(I)=C1/CCCCC1c1ccccc1. The summed E-state index contributed by atoms with van der Waals surface area (Å²) in [6.45, 7) is 0. The lowest BCUT2D eigenvalue weighted by Crippen LogP contribution is -2.08. The average Bonchev–Trinajstić information content (AvgIpc) is 2.30. The Morgan fingerprint density at radius 1 is 1.20 bits per heavy atom. The summed E-state index contributed by atoms with van der Waals surface area (Å²) in [4.78, 5) is 0. The molecule has 1 unspecified atom stereocenters. The highest BCUT2D eigenvalue weighted by Crippen LogP contribution is 2.40. The summed E-state index contributed by atoms with van der Waals surface area (Å²) in [7, 11) is 0. The van der Waals surface area contributed by atoms with Crippen LogP contribution >= 0.6 is 22.6 Å². The normalized spacial score (nSPS) is 25.1. The van der Waals surface area contributed by atoms with Gasteiger partial charge in [0.05, 0.1) is 0 Å². The van der Waals surface area contributed by atoms with E-state index < -0.39 is 0 Å². The first-order chi connectivity index (χ1) is 7.29. The number of hydrogen-bond donors (Lipinski definition) is 0. The quantitative estimate of drug-likeness (QED) is 0.642. The largest absolute Gasteiger partial charge is 0.200 e. The van der Waals surface area contributed by atoms with Gasteiger partial charge in [0.2, 0.25) is 0 Å². The van der Waals surface area contributed by atoms with Crippen molar-refractivity contribution in [3.63, 3.8) is 0 Å². The Morgan fingerprint density at radius 3 is 2.60 bits per heavy atom. The fourth-order valence-electron chi connectivity index (χ4n) is 2.29. The minimum atomic E-state index is 0.00107. The maximum absolute atomic E-state index is 13.4. The topological polar surface area (TPSA) is 0 Å². The third-order valence-corrected chi connectivity index (χ3v) is 3.75. The summed E-state index contributed by atoms with van der Waals surface area (Å²) in [5.41, 5.74) is 2.27. The molecule has 0 aliphatic heterocycles. The van der Waals surface area contributed by atoms with Crippen LogP contribution in [0.15, 0.2) is 39.7 Å². The van der Waals surface area contributed by atoms with Crippen LogP contribution in [0.3, 0.4) is 0 Å². The van der Waals surface area contributed by atoms with E-state index in [-0.39, 0.29) is 3.83 Å². The summed E-state index contributed by atoms with van der Waals surface area (Å²) < 4.78 is 13.4. The predicted molar refractivity (Wildman–Crippen MR) is 69.8 cm³/mol. The molecule has 80 valence electrons. The van der Waals surface area contributed by atoms with Gasteiger partial charge in [0, 0.05) is 5.92 Å². The minimum absolute atomic E-state index is 0.00107. The summed E-state index contributed by atoms with van der Waals surface area (Å²) in [6, 6.07) is 10.3. The van der Waals surface area contributed by atoms with Crippen LogP contribution in [0.1, 0.15) is 37.2 Å². The fraction of sp³-hybridized carbons (Fsp3) is 0.385. The molecule has 1 aromatic carbocycles. The number of hydrogen-bond acceptors (Lipinski definition) is 0. The third kappa shape index (κ3) is 2.60. The highest BCUT2D eigenvalue weighted by molar-refractivity contribution is 14.1. The van der Waals surface area contributed by atoms with Gasteiger partial charge in [-0.1, -0.05) is 36.8 Å². The van der Waals surface area contributed by atoms with Crippen LogP contribution in [0.2, 0.25) is 0 Å². The first kappa shape index (κ1) is 11.1. The Labute approximate surface area is 104 Å². The van der Waals surface area contributed by atoms with Crippen molar-refractivity contribution < 1.29 is 4.39 Å². The Morgan fingerprint density at radius 2 is 1.93 bits per heavy atom. The fourth-order valence-corrected chi connectivity index (χ4v) is 2.94. The molecule has 0 nitrogen and oxygen atoms in total. The van der Waals surface area contributed by atoms with E-state index in [1.807, 2.05) is 40.8 Å². The zero-order valence-electron chi connectivity index (χ0n) is 8.55. The maximum Gasteiger partial charge on any atom is 0.160 e. The summed E-state index contributed by atoms with van der Waals surface area (Å²) in [5.74, 6) is 0.317. The van der Waals surface area contributed by atoms with Gasteiger partial charge in [0.1, 0.15) is 0 Å². The van der Waals surface area contributed by atoms with Crippen molar-refractivity contribution >= 4 is 22.6 Å². The van der Waals surface area contributed by atoms with Gasteiger partial charge < -0.3 is 0 Å². The molecule has 0 heterocycles. The van der Waals surface area contributed by atoms with Gasteiger partial charge in [-0.05, 0) is 53.0 Å². The second-order valence-electron chi connectivity index (χ2n) is 3.99. The molecule has 2 heteroatoms. The zero-order chi connectivity index (χ0) is 10.7. The summed E-state index contributed by atoms with van der Waals surface area (Å²) in [6.07, 6.45) is 4.37. The molecule has 0 aromatic heterocycles. The molecule has 1 saturated carbocycles. The predicted octanol–water partition coefficient (Wildman–Crippen LogP) is 4.96. The zero-order valence-corrected chi connectivity index (χ0v) is 10.7. The van der Waals surface area contributed by atoms with E-state index in [9.17, 15) is 4.39 Å². The van der Waals surface area contributed by atoms with Crippen molar-refractivity contribution in [2.45, 2.75) is 31.6 Å². The Balaban J connectivity index is 2.31. The Kier molecular flexibility index (Phi) is 3.78. The molecule has 0 saturated heterocycles. The van der Waals surface area contributed by atoms with Gasteiger partial charge in [-0.3, -0.25) is 0 Å². The van der Waals surface area contributed by atoms with Gasteiger partial charge >= 0.3 is 0 Å². The first-order valence-electron chi connectivity index (χ1n) is 5.38. The van der Waals surface area contributed by atoms with Crippen molar-refractivity contribution in [1.82, 2.24) is 0 Å². The van der Waals surface area contributed by atoms with E-state index in [1.165, 1.54) is 12.0 Å². The Hall–Kier alpha value is -0.380. The molecule has 1 aliphatic carbocycles. The van der Waals surface area contributed by atoms with Crippen LogP contribution in [0.5, 0.6) is 0 Å². The number of benzene rings is 1. The van der Waals surface area contributed by atoms with E-state index in [1.54, 1.807) is 0 Å². The number of allylic oxidation sites excluding steroid dienone is 1. The third-order valence-electron chi connectivity index (χ3n) is 3.05. The van der Waals surface area contributed by atoms with Crippen LogP contribution in [-0.2, 0) is 0 Å². The van der Waals surface area contributed by atoms with Crippen LogP contribution < -0.4 is 0 Å². The van der Waals surface area contributed by atoms with Gasteiger partial charge in [0.25, 0.3) is 0 Å². The van der Waals surface area contributed by atoms with Crippen molar-refractivity contribution in [1.29, 1.82) is 0 Å². The lowest BCUT2D eigenvalue weighted by Gasteiger charge is -2.25. The van der Waals surface area contributed by atoms with E-state index >= 15 is 0 Å². The molecule has 0 radical (unpaired) electrons. The van der Waals surface area contributed by atoms with E-state index in [0.29, 0.717) is 5.92 Å². The highest BCUT2D eigenvalue weighted by Gasteiger charge is 2.22. The second-order valence-corrected chi connectivity index (χ2v) is 4.94. The summed E-state index contributed by atoms with van der Waals surface area (Å²) >= 11 is 1.82. The molecule has 0 bridgehead atoms. The van der Waals surface area contributed by atoms with Crippen LogP contribution in [-0.4, -0.2) is 0 Å². The smallest absolute Gasteiger partial charge is 0.160 e. The van der Waals surface area contributed by atoms with Gasteiger partial charge in [-0.2, -0.15) is 4.39 Å². The van der Waals surface area contributed by atoms with Crippen molar-refractivity contribution in [3.8, 4) is 0 Å². The molecule has 1 fully saturated rings. The van der Waals surface area contributed by atoms with Crippen molar-refractivity contribution in [2.24, 2.45) is 0 Å². The van der Waals surface area contributed by atoms with Gasteiger partial charge in [-0.15, -0.1) is 0 Å². The van der Waals surface area contributed by atoms with Crippen LogP contribution in [0.4, 0.5) is 4.39 Å². The van der Waals surface area contributed by atoms with Crippen LogP contribution in [0.25, 0.3) is 0 Å². The van der Waals surface area contributed by atoms with Crippen molar-refractivity contribution in [2.75, 3.05) is 0 Å². The molecule has 2 rings (SSSR count). The molecule has 1 atom stereocenters. The molecule has 0 spiro atoms. The maximum atomic E-state index is 13.4. The number of rotatable bonds is 1. The highest BCUT2D eigenvalue weighted by atomic mass is 127. The Bertz CT molecular complexity index is 352. The number of halogens is 2. The minimum Gasteiger partial charge on any atom is -0.200 e. The molecule has 1 aliphatic rings. The molecule has 0 amide bonds. The van der Waals surface area contributed by atoms with E-state index in [4.69, 9.17) is 0 Å². The molecular weight excluding hydrogens is 302 g/mol. The van der Waals surface area contributed by atoms with E-state index in [0.717, 1.165) is 24.8 Å². The monoisotopic (exact) mass is 316 g/mol.